The molecular formula is C36H47N5O5. The molecule has 0 radical (unpaired) electrons. The van der Waals surface area contributed by atoms with Gasteiger partial charge in [0.2, 0.25) is 5.91 Å². The normalized spacial score (nSPS) is 23.0. The van der Waals surface area contributed by atoms with Gasteiger partial charge in [0, 0.05) is 48.3 Å². The third-order valence-electron chi connectivity index (χ3n) is 10.0. The minimum atomic E-state index is -0.373. The van der Waals surface area contributed by atoms with Crippen LogP contribution in [0.5, 0.6) is 5.75 Å². The molecule has 0 atom stereocenters. The third kappa shape index (κ3) is 7.70. The van der Waals surface area contributed by atoms with Gasteiger partial charge in [-0.3, -0.25) is 14.7 Å². The Labute approximate surface area is 271 Å². The van der Waals surface area contributed by atoms with Crippen LogP contribution in [0.2, 0.25) is 0 Å². The summed E-state index contributed by atoms with van der Waals surface area (Å²) in [5, 5.41) is 2.87. The Kier molecular flexibility index (Phi) is 10.2. The van der Waals surface area contributed by atoms with E-state index in [1.54, 1.807) is 26.5 Å². The maximum Gasteiger partial charge on any atom is 0.407 e. The molecule has 0 unspecified atom stereocenters. The van der Waals surface area contributed by atoms with E-state index in [1.165, 1.54) is 0 Å². The number of nitrogens with zero attached hydrogens (tertiary/aromatic N) is 4. The van der Waals surface area contributed by atoms with Crippen molar-refractivity contribution in [2.45, 2.75) is 89.9 Å². The van der Waals surface area contributed by atoms with Crippen LogP contribution in [0.4, 0.5) is 10.6 Å². The predicted molar refractivity (Wildman–Crippen MR) is 175 cm³/mol. The van der Waals surface area contributed by atoms with Crippen LogP contribution < -0.4 is 15.0 Å². The Morgan fingerprint density at radius 2 is 1.70 bits per heavy atom. The van der Waals surface area contributed by atoms with Gasteiger partial charge in [0.15, 0.2) is 5.89 Å². The van der Waals surface area contributed by atoms with Crippen LogP contribution >= 0.6 is 0 Å². The van der Waals surface area contributed by atoms with Crippen LogP contribution in [0, 0.1) is 24.7 Å². The predicted octanol–water partition coefficient (Wildman–Crippen LogP) is 7.19. The van der Waals surface area contributed by atoms with Gasteiger partial charge in [0.1, 0.15) is 23.5 Å². The van der Waals surface area contributed by atoms with Crippen molar-refractivity contribution >= 4 is 17.8 Å². The van der Waals surface area contributed by atoms with Gasteiger partial charge in [-0.2, -0.15) is 0 Å². The molecule has 0 spiro atoms. The molecule has 3 fully saturated rings. The summed E-state index contributed by atoms with van der Waals surface area (Å²) in [7, 11) is 1.68. The number of alkyl carbamates (subject to hydrolysis) is 1. The molecule has 3 heterocycles. The van der Waals surface area contributed by atoms with Crippen molar-refractivity contribution in [3.8, 4) is 17.0 Å². The molecule has 0 bridgehead atoms. The summed E-state index contributed by atoms with van der Waals surface area (Å²) in [5.74, 6) is 3.95. The number of methoxy groups -OCH3 is 1. The number of ether oxygens (including phenoxy) is 2. The number of oxazole rings is 1. The summed E-state index contributed by atoms with van der Waals surface area (Å²) in [6.07, 6.45) is 12.9. The highest BCUT2D eigenvalue weighted by molar-refractivity contribution is 5.94. The van der Waals surface area contributed by atoms with E-state index in [0.29, 0.717) is 49.2 Å². The number of pyridine rings is 2. The van der Waals surface area contributed by atoms with E-state index in [1.807, 2.05) is 30.0 Å². The highest BCUT2D eigenvalue weighted by Gasteiger charge is 2.34. The number of aryl methyl sites for hydroxylation is 1. The molecule has 3 saturated carbocycles. The SMILES string of the molecule is CCOC(=O)NC[C@H]1CC[C@H](C(=O)N(C[C@H]2CC[C@H](c3ccc(OC)c(C)n3)CC2)c2cc(-c3coc(C4CC4)n3)ccn2)CC1. The van der Waals surface area contributed by atoms with Crippen LogP contribution in [0.3, 0.4) is 0 Å². The highest BCUT2D eigenvalue weighted by atomic mass is 16.5. The quantitative estimate of drug-likeness (QED) is 0.237. The zero-order valence-corrected chi connectivity index (χ0v) is 27.4. The molecular weight excluding hydrogens is 582 g/mol. The second kappa shape index (κ2) is 14.6. The summed E-state index contributed by atoms with van der Waals surface area (Å²) in [5.41, 5.74) is 3.76. The van der Waals surface area contributed by atoms with Crippen molar-refractivity contribution in [1.82, 2.24) is 20.3 Å². The Hall–Kier alpha value is -3.95. The number of nitrogens with one attached hydrogen (secondary N) is 1. The Bertz CT molecular complexity index is 1490. The van der Waals surface area contributed by atoms with E-state index >= 15 is 0 Å². The molecule has 246 valence electrons. The third-order valence-corrected chi connectivity index (χ3v) is 10.0. The lowest BCUT2D eigenvalue weighted by atomic mass is 9.79. The first-order chi connectivity index (χ1) is 22.4. The zero-order valence-electron chi connectivity index (χ0n) is 27.4. The van der Waals surface area contributed by atoms with E-state index < -0.39 is 0 Å². The lowest BCUT2D eigenvalue weighted by molar-refractivity contribution is -0.123. The Morgan fingerprint density at radius 3 is 2.39 bits per heavy atom. The number of amides is 2. The van der Waals surface area contributed by atoms with Crippen LogP contribution in [0.15, 0.2) is 41.1 Å². The number of anilines is 1. The zero-order chi connectivity index (χ0) is 32.0. The lowest BCUT2D eigenvalue weighted by Gasteiger charge is -2.35. The summed E-state index contributed by atoms with van der Waals surface area (Å²) in [6, 6.07) is 8.06. The Morgan fingerprint density at radius 1 is 0.957 bits per heavy atom. The van der Waals surface area contributed by atoms with Gasteiger partial charge in [-0.15, -0.1) is 0 Å². The fourth-order valence-corrected chi connectivity index (χ4v) is 7.11. The van der Waals surface area contributed by atoms with Gasteiger partial charge in [-0.25, -0.2) is 14.8 Å². The first kappa shape index (κ1) is 32.0. The monoisotopic (exact) mass is 629 g/mol. The minimum absolute atomic E-state index is 0.0689. The lowest BCUT2D eigenvalue weighted by Crippen LogP contribution is -2.42. The average Bonchev–Trinajstić information content (AvgIpc) is 3.82. The van der Waals surface area contributed by atoms with Gasteiger partial charge in [0.05, 0.1) is 19.4 Å². The second-order valence-corrected chi connectivity index (χ2v) is 13.3. The molecule has 2 amide bonds. The first-order valence-electron chi connectivity index (χ1n) is 17.1. The highest BCUT2D eigenvalue weighted by Crippen LogP contribution is 2.41. The molecule has 6 rings (SSSR count). The number of rotatable bonds is 11. The van der Waals surface area contributed by atoms with Gasteiger partial charge in [-0.1, -0.05) is 0 Å². The number of hydrogen-bond donors (Lipinski definition) is 1. The van der Waals surface area contributed by atoms with Crippen molar-refractivity contribution < 1.29 is 23.5 Å². The van der Waals surface area contributed by atoms with Gasteiger partial charge in [-0.05, 0) is 114 Å². The second-order valence-electron chi connectivity index (χ2n) is 13.3. The number of carbonyl (C=O) groups is 2. The fourth-order valence-electron chi connectivity index (χ4n) is 7.11. The molecule has 3 aromatic heterocycles. The topological polar surface area (TPSA) is 120 Å². The van der Waals surface area contributed by atoms with Crippen LogP contribution in [0.25, 0.3) is 11.3 Å². The molecule has 0 saturated heterocycles. The van der Waals surface area contributed by atoms with E-state index in [2.05, 4.69) is 11.4 Å². The molecule has 10 heteroatoms. The summed E-state index contributed by atoms with van der Waals surface area (Å²) >= 11 is 0. The molecule has 3 aromatic rings. The molecule has 10 nitrogen and oxygen atoms in total. The minimum Gasteiger partial charge on any atom is -0.495 e. The average molecular weight is 630 g/mol. The number of aromatic nitrogens is 3. The maximum atomic E-state index is 14.3. The summed E-state index contributed by atoms with van der Waals surface area (Å²) < 4.78 is 16.2. The Balaban J connectivity index is 1.15. The van der Waals surface area contributed by atoms with Crippen LogP contribution in [-0.2, 0) is 9.53 Å². The van der Waals surface area contributed by atoms with E-state index in [4.69, 9.17) is 28.8 Å². The molecule has 46 heavy (non-hydrogen) atoms. The van der Waals surface area contributed by atoms with Crippen molar-refractivity contribution in [1.29, 1.82) is 0 Å². The van der Waals surface area contributed by atoms with Crippen LogP contribution in [0.1, 0.15) is 100 Å². The molecule has 1 N–H and O–H groups in total. The van der Waals surface area contributed by atoms with Gasteiger partial charge >= 0.3 is 6.09 Å². The van der Waals surface area contributed by atoms with Crippen molar-refractivity contribution in [2.24, 2.45) is 17.8 Å². The molecule has 0 aliphatic heterocycles. The molecule has 3 aliphatic carbocycles. The van der Waals surface area contributed by atoms with E-state index in [9.17, 15) is 9.59 Å². The standard InChI is InChI=1S/C36H47N5O5/c1-4-45-36(43)38-20-24-5-11-28(12-6-24)35(42)41(33-19-29(17-18-37-33)31-22-46-34(40-31)27-13-14-27)21-25-7-9-26(10-8-25)30-15-16-32(44-3)23(2)39-30/h15-19,22,24-28H,4-14,20-21H2,1-3H3,(H,38,43)/t24-,25-,26-,28-. The summed E-state index contributed by atoms with van der Waals surface area (Å²) in [6.45, 7) is 5.38. The molecule has 3 aliphatic rings. The van der Waals surface area contributed by atoms with Gasteiger partial charge in [0.25, 0.3) is 0 Å². The van der Waals surface area contributed by atoms with Crippen LogP contribution in [-0.4, -0.2) is 53.8 Å². The molecule has 0 aromatic carbocycles. The summed E-state index contributed by atoms with van der Waals surface area (Å²) in [4.78, 5) is 42.4. The van der Waals surface area contributed by atoms with Crippen molar-refractivity contribution in [3.05, 3.63) is 54.0 Å². The van der Waals surface area contributed by atoms with Crippen molar-refractivity contribution in [2.75, 3.05) is 31.7 Å². The fraction of sp³-hybridized carbons (Fsp3) is 0.583. The first-order valence-corrected chi connectivity index (χ1v) is 17.1. The van der Waals surface area contributed by atoms with E-state index in [0.717, 1.165) is 98.5 Å². The van der Waals surface area contributed by atoms with Gasteiger partial charge < -0.3 is 19.2 Å². The largest absolute Gasteiger partial charge is 0.495 e. The maximum absolute atomic E-state index is 14.3. The van der Waals surface area contributed by atoms with Crippen molar-refractivity contribution in [3.63, 3.8) is 0 Å². The van der Waals surface area contributed by atoms with E-state index in [-0.39, 0.29) is 17.9 Å². The number of hydrogen-bond acceptors (Lipinski definition) is 8. The smallest absolute Gasteiger partial charge is 0.407 e. The number of carbonyl (C=O) groups excluding carboxylic acids is 2.